The highest BCUT2D eigenvalue weighted by atomic mass is 32.2. The number of fused-ring (bicyclic) bond motifs is 1. The van der Waals surface area contributed by atoms with E-state index in [1.54, 1.807) is 12.1 Å². The molecule has 2 aromatic carbocycles. The van der Waals surface area contributed by atoms with Crippen molar-refractivity contribution in [2.24, 2.45) is 0 Å². The number of aromatic nitrogens is 2. The van der Waals surface area contributed by atoms with Gasteiger partial charge >= 0.3 is 5.69 Å². The molecule has 0 saturated carbocycles. The van der Waals surface area contributed by atoms with Crippen molar-refractivity contribution in [2.75, 3.05) is 57.6 Å². The maximum Gasteiger partial charge on any atom is 0.328 e. The molecule has 0 spiro atoms. The molecule has 1 aliphatic rings. The molecule has 2 heterocycles. The maximum atomic E-state index is 13.0. The van der Waals surface area contributed by atoms with Gasteiger partial charge in [-0.25, -0.2) is 4.79 Å². The van der Waals surface area contributed by atoms with Crippen LogP contribution in [0.4, 0.5) is 5.69 Å². The monoisotopic (exact) mass is 512 g/mol. The lowest BCUT2D eigenvalue weighted by Gasteiger charge is -2.37. The number of methoxy groups -OCH3 is 2. The van der Waals surface area contributed by atoms with E-state index < -0.39 is 5.69 Å². The Labute approximate surface area is 216 Å². The summed E-state index contributed by atoms with van der Waals surface area (Å²) in [7, 11) is 3.05. The number of nitrogens with one attached hydrogen (secondary N) is 1. The van der Waals surface area contributed by atoms with Crippen LogP contribution in [0.1, 0.15) is 26.2 Å². The molecule has 0 aliphatic carbocycles. The molecule has 1 saturated heterocycles. The highest BCUT2D eigenvalue weighted by Crippen LogP contribution is 2.31. The number of unbranched alkanes of at least 4 members (excludes halogenated alkanes) is 1. The zero-order valence-electron chi connectivity index (χ0n) is 21.4. The lowest BCUT2D eigenvalue weighted by Crippen LogP contribution is -2.46. The van der Waals surface area contributed by atoms with Crippen LogP contribution >= 0.6 is 11.8 Å². The average Bonchev–Trinajstić information content (AvgIpc) is 2.91. The summed E-state index contributed by atoms with van der Waals surface area (Å²) in [5, 5.41) is 0.417. The van der Waals surface area contributed by atoms with Crippen LogP contribution in [0.2, 0.25) is 0 Å². The number of hydrogen-bond acceptors (Lipinski definition) is 7. The number of rotatable bonds is 11. The quantitative estimate of drug-likeness (QED) is 0.309. The van der Waals surface area contributed by atoms with Crippen LogP contribution in [0.25, 0.3) is 10.9 Å². The molecule has 194 valence electrons. The second kappa shape index (κ2) is 12.4. The minimum Gasteiger partial charge on any atom is -0.493 e. The number of benzene rings is 2. The molecule has 3 aromatic rings. The SMILES string of the molecule is CCCSc1ccccc1N1CCN(CCCCn2c(=O)[nH]c3cc(OC)c(OC)cc3c2=O)CC1. The van der Waals surface area contributed by atoms with E-state index in [0.29, 0.717) is 28.9 Å². The first-order valence-corrected chi connectivity index (χ1v) is 13.6. The lowest BCUT2D eigenvalue weighted by molar-refractivity contribution is 0.250. The smallest absolute Gasteiger partial charge is 0.328 e. The van der Waals surface area contributed by atoms with E-state index >= 15 is 0 Å². The van der Waals surface area contributed by atoms with E-state index in [1.807, 2.05) is 11.8 Å². The Morgan fingerprint density at radius 2 is 1.64 bits per heavy atom. The van der Waals surface area contributed by atoms with E-state index in [2.05, 4.69) is 46.0 Å². The van der Waals surface area contributed by atoms with Gasteiger partial charge in [0.25, 0.3) is 5.56 Å². The van der Waals surface area contributed by atoms with Gasteiger partial charge in [0.15, 0.2) is 11.5 Å². The highest BCUT2D eigenvalue weighted by molar-refractivity contribution is 7.99. The van der Waals surface area contributed by atoms with E-state index in [-0.39, 0.29) is 5.56 Å². The molecule has 8 nitrogen and oxygen atoms in total. The average molecular weight is 513 g/mol. The minimum atomic E-state index is -0.395. The molecule has 0 unspecified atom stereocenters. The van der Waals surface area contributed by atoms with Crippen LogP contribution in [0.15, 0.2) is 50.9 Å². The molecule has 1 aliphatic heterocycles. The molecule has 0 bridgehead atoms. The van der Waals surface area contributed by atoms with E-state index in [9.17, 15) is 9.59 Å². The van der Waals surface area contributed by atoms with Crippen molar-refractivity contribution in [3.63, 3.8) is 0 Å². The predicted octanol–water partition coefficient (Wildman–Crippen LogP) is 3.81. The molecule has 9 heteroatoms. The van der Waals surface area contributed by atoms with Gasteiger partial charge in [0.05, 0.1) is 30.8 Å². The number of anilines is 1. The summed E-state index contributed by atoms with van der Waals surface area (Å²) >= 11 is 1.94. The Hall–Kier alpha value is -2.91. The van der Waals surface area contributed by atoms with Gasteiger partial charge in [-0.1, -0.05) is 19.1 Å². The molecule has 1 fully saturated rings. The fourth-order valence-corrected chi connectivity index (χ4v) is 5.60. The summed E-state index contributed by atoms with van der Waals surface area (Å²) in [5.41, 5.74) is 1.10. The first kappa shape index (κ1) is 26.2. The van der Waals surface area contributed by atoms with Crippen LogP contribution in [-0.2, 0) is 6.54 Å². The molecular weight excluding hydrogens is 476 g/mol. The Morgan fingerprint density at radius 3 is 2.36 bits per heavy atom. The van der Waals surface area contributed by atoms with Gasteiger partial charge in [0, 0.05) is 43.7 Å². The summed E-state index contributed by atoms with van der Waals surface area (Å²) in [5.74, 6) is 2.08. The third-order valence-corrected chi connectivity index (χ3v) is 7.90. The summed E-state index contributed by atoms with van der Waals surface area (Å²) in [4.78, 5) is 34.7. The van der Waals surface area contributed by atoms with Crippen LogP contribution in [0.3, 0.4) is 0 Å². The summed E-state index contributed by atoms with van der Waals surface area (Å²) in [6.07, 6.45) is 2.87. The first-order chi connectivity index (χ1) is 17.5. The zero-order valence-corrected chi connectivity index (χ0v) is 22.2. The molecular formula is C27H36N4O4S. The van der Waals surface area contributed by atoms with Gasteiger partial charge in [0.1, 0.15) is 0 Å². The summed E-state index contributed by atoms with van der Waals surface area (Å²) in [6.45, 7) is 7.63. The highest BCUT2D eigenvalue weighted by Gasteiger charge is 2.19. The van der Waals surface area contributed by atoms with Gasteiger partial charge in [-0.2, -0.15) is 0 Å². The largest absolute Gasteiger partial charge is 0.493 e. The van der Waals surface area contributed by atoms with E-state index in [0.717, 1.165) is 51.3 Å². The molecule has 0 radical (unpaired) electrons. The third kappa shape index (κ3) is 5.90. The van der Waals surface area contributed by atoms with E-state index in [4.69, 9.17) is 9.47 Å². The van der Waals surface area contributed by atoms with Crippen LogP contribution in [0, 0.1) is 0 Å². The van der Waals surface area contributed by atoms with Crippen molar-refractivity contribution in [1.82, 2.24) is 14.5 Å². The predicted molar refractivity (Wildman–Crippen MR) is 147 cm³/mol. The molecule has 36 heavy (non-hydrogen) atoms. The number of hydrogen-bond donors (Lipinski definition) is 1. The normalized spacial score (nSPS) is 14.4. The summed E-state index contributed by atoms with van der Waals surface area (Å²) < 4.78 is 11.9. The lowest BCUT2D eigenvalue weighted by atomic mass is 10.2. The number of piperazine rings is 1. The van der Waals surface area contributed by atoms with Crippen molar-refractivity contribution in [3.8, 4) is 11.5 Å². The fraction of sp³-hybridized carbons (Fsp3) is 0.481. The minimum absolute atomic E-state index is 0.303. The van der Waals surface area contributed by atoms with Gasteiger partial charge < -0.3 is 19.4 Å². The Balaban J connectivity index is 1.31. The maximum absolute atomic E-state index is 13.0. The topological polar surface area (TPSA) is 79.8 Å². The van der Waals surface area contributed by atoms with Crippen molar-refractivity contribution in [1.29, 1.82) is 0 Å². The van der Waals surface area contributed by atoms with Gasteiger partial charge in [-0.05, 0) is 49.8 Å². The molecule has 0 atom stereocenters. The van der Waals surface area contributed by atoms with Crippen molar-refractivity contribution >= 4 is 28.4 Å². The Morgan fingerprint density at radius 1 is 0.944 bits per heavy atom. The van der Waals surface area contributed by atoms with Crippen molar-refractivity contribution in [3.05, 3.63) is 57.2 Å². The van der Waals surface area contributed by atoms with Crippen molar-refractivity contribution in [2.45, 2.75) is 37.6 Å². The zero-order chi connectivity index (χ0) is 25.5. The number of ether oxygens (including phenoxy) is 2. The van der Waals surface area contributed by atoms with Crippen LogP contribution in [-0.4, -0.2) is 67.1 Å². The summed E-state index contributed by atoms with van der Waals surface area (Å²) in [6, 6.07) is 12.0. The number of H-pyrrole nitrogens is 1. The van der Waals surface area contributed by atoms with Gasteiger partial charge in [-0.15, -0.1) is 11.8 Å². The number of nitrogens with zero attached hydrogens (tertiary/aromatic N) is 3. The molecule has 4 rings (SSSR count). The fourth-order valence-electron chi connectivity index (χ4n) is 4.65. The second-order valence-corrected chi connectivity index (χ2v) is 10.1. The first-order valence-electron chi connectivity index (χ1n) is 12.6. The number of aromatic amines is 1. The molecule has 1 N–H and O–H groups in total. The Kier molecular flexibility index (Phi) is 8.98. The third-order valence-electron chi connectivity index (χ3n) is 6.63. The number of thioether (sulfide) groups is 1. The number of para-hydroxylation sites is 1. The van der Waals surface area contributed by atoms with Gasteiger partial charge in [-0.3, -0.25) is 14.3 Å². The van der Waals surface area contributed by atoms with Crippen LogP contribution < -0.4 is 25.6 Å². The van der Waals surface area contributed by atoms with Crippen molar-refractivity contribution < 1.29 is 9.47 Å². The van der Waals surface area contributed by atoms with Crippen LogP contribution in [0.5, 0.6) is 11.5 Å². The van der Waals surface area contributed by atoms with Gasteiger partial charge in [0.2, 0.25) is 0 Å². The second-order valence-electron chi connectivity index (χ2n) is 8.99. The molecule has 1 aromatic heterocycles. The molecule has 0 amide bonds. The Bertz CT molecular complexity index is 1280. The van der Waals surface area contributed by atoms with E-state index in [1.165, 1.54) is 35.8 Å². The standard InChI is InChI=1S/C27H36N4O4S/c1-4-17-36-25-10-6-5-9-22(25)30-15-13-29(14-16-30)11-7-8-12-31-26(32)20-18-23(34-2)24(35-3)19-21(20)28-27(31)33/h5-6,9-10,18-19H,4,7-8,11-17H2,1-3H3,(H,28,33).